The molecule has 0 saturated heterocycles. The Morgan fingerprint density at radius 2 is 2.00 bits per heavy atom. The van der Waals surface area contributed by atoms with E-state index < -0.39 is 10.7 Å². The average Bonchev–Trinajstić information content (AvgIpc) is 2.04. The van der Waals surface area contributed by atoms with Crippen LogP contribution in [0.2, 0.25) is 5.02 Å². The number of hydrogen-bond acceptors (Lipinski definition) is 3. The third-order valence-electron chi connectivity index (χ3n) is 1.34. The van der Waals surface area contributed by atoms with Gasteiger partial charge in [0.1, 0.15) is 10.6 Å². The maximum absolute atomic E-state index is 10.6. The topological polar surface area (TPSA) is 43.4 Å². The number of thiol groups is 1. The monoisotopic (exact) mass is 246 g/mol. The SMILES string of the molecule is COc1ccc(Cl)cc1[SH](=O)=O.[KH]. The van der Waals surface area contributed by atoms with Gasteiger partial charge in [0.05, 0.1) is 7.11 Å². The number of methoxy groups -OCH3 is 1. The Balaban J connectivity index is 0.00000144. The van der Waals surface area contributed by atoms with E-state index in [2.05, 4.69) is 0 Å². The molecule has 6 heteroatoms. The van der Waals surface area contributed by atoms with Gasteiger partial charge in [0.2, 0.25) is 0 Å². The summed E-state index contributed by atoms with van der Waals surface area (Å²) in [6.45, 7) is 0. The summed E-state index contributed by atoms with van der Waals surface area (Å²) in [6, 6.07) is 4.44. The molecule has 0 aliphatic heterocycles. The quantitative estimate of drug-likeness (QED) is 0.616. The Kier molecular flexibility index (Phi) is 6.83. The van der Waals surface area contributed by atoms with Crippen molar-refractivity contribution in [1.29, 1.82) is 0 Å². The summed E-state index contributed by atoms with van der Waals surface area (Å²) in [6.07, 6.45) is 0. The molecule has 1 aromatic carbocycles. The van der Waals surface area contributed by atoms with Crippen molar-refractivity contribution in [2.45, 2.75) is 4.90 Å². The molecule has 0 heterocycles. The normalized spacial score (nSPS) is 9.46. The zero-order valence-corrected chi connectivity index (χ0v) is 7.93. The number of hydrogen-bond donors (Lipinski definition) is 1. The van der Waals surface area contributed by atoms with Crippen molar-refractivity contribution in [3.8, 4) is 5.75 Å². The third kappa shape index (κ3) is 3.87. The van der Waals surface area contributed by atoms with Crippen LogP contribution in [0, 0.1) is 0 Å². The molecular formula is C7H8ClKO3S. The average molecular weight is 247 g/mol. The molecule has 0 saturated carbocycles. The van der Waals surface area contributed by atoms with E-state index >= 15 is 0 Å². The molecule has 0 radical (unpaired) electrons. The van der Waals surface area contributed by atoms with Crippen molar-refractivity contribution in [3.05, 3.63) is 23.2 Å². The minimum absolute atomic E-state index is 0. The van der Waals surface area contributed by atoms with Gasteiger partial charge < -0.3 is 4.74 Å². The fourth-order valence-electron chi connectivity index (χ4n) is 0.806. The van der Waals surface area contributed by atoms with Crippen LogP contribution < -0.4 is 4.74 Å². The fourth-order valence-corrected chi connectivity index (χ4v) is 1.64. The molecule has 68 valence electrons. The summed E-state index contributed by atoms with van der Waals surface area (Å²) in [5.74, 6) is 0.315. The van der Waals surface area contributed by atoms with E-state index in [1.54, 1.807) is 6.07 Å². The van der Waals surface area contributed by atoms with Gasteiger partial charge in [0.15, 0.2) is 10.7 Å². The Hall–Kier alpha value is 0.896. The van der Waals surface area contributed by atoms with E-state index in [0.29, 0.717) is 10.8 Å². The van der Waals surface area contributed by atoms with Gasteiger partial charge in [-0.15, -0.1) is 0 Å². The Morgan fingerprint density at radius 1 is 1.38 bits per heavy atom. The number of benzene rings is 1. The zero-order valence-electron chi connectivity index (χ0n) is 6.28. The van der Waals surface area contributed by atoms with Crippen LogP contribution in [0.5, 0.6) is 5.75 Å². The summed E-state index contributed by atoms with van der Waals surface area (Å²) in [5.41, 5.74) is 0. The first-order valence-corrected chi connectivity index (χ1v) is 4.68. The van der Waals surface area contributed by atoms with Crippen LogP contribution in [0.1, 0.15) is 0 Å². The Bertz CT molecular complexity index is 357. The van der Waals surface area contributed by atoms with E-state index in [1.165, 1.54) is 19.2 Å². The van der Waals surface area contributed by atoms with Crippen LogP contribution in [0.3, 0.4) is 0 Å². The fraction of sp³-hybridized carbons (Fsp3) is 0.143. The first kappa shape index (κ1) is 13.9. The van der Waals surface area contributed by atoms with E-state index in [9.17, 15) is 8.42 Å². The maximum atomic E-state index is 10.6. The second-order valence-electron chi connectivity index (χ2n) is 2.07. The molecule has 0 bridgehead atoms. The van der Waals surface area contributed by atoms with E-state index in [0.717, 1.165) is 0 Å². The van der Waals surface area contributed by atoms with Crippen molar-refractivity contribution in [2.75, 3.05) is 7.11 Å². The van der Waals surface area contributed by atoms with Gasteiger partial charge in [-0.2, -0.15) is 0 Å². The summed E-state index contributed by atoms with van der Waals surface area (Å²) >= 11 is 5.59. The van der Waals surface area contributed by atoms with Crippen molar-refractivity contribution in [2.24, 2.45) is 0 Å². The number of halogens is 1. The van der Waals surface area contributed by atoms with E-state index in [-0.39, 0.29) is 56.3 Å². The summed E-state index contributed by atoms with van der Waals surface area (Å²) in [7, 11) is -1.24. The predicted octanol–water partition coefficient (Wildman–Crippen LogP) is 0.670. The molecule has 0 atom stereocenters. The second-order valence-corrected chi connectivity index (χ2v) is 3.51. The first-order valence-electron chi connectivity index (χ1n) is 3.13. The van der Waals surface area contributed by atoms with Gasteiger partial charge >= 0.3 is 51.4 Å². The first-order chi connectivity index (χ1) is 5.65. The minimum atomic E-state index is -2.65. The van der Waals surface area contributed by atoms with Crippen molar-refractivity contribution < 1.29 is 13.2 Å². The van der Waals surface area contributed by atoms with Gasteiger partial charge in [0.25, 0.3) is 0 Å². The molecule has 0 unspecified atom stereocenters. The molecule has 0 amide bonds. The summed E-state index contributed by atoms with van der Waals surface area (Å²) in [4.78, 5) is 0.111. The van der Waals surface area contributed by atoms with Gasteiger partial charge in [-0.3, -0.25) is 0 Å². The number of rotatable bonds is 2. The summed E-state index contributed by atoms with van der Waals surface area (Å²) in [5, 5.41) is 0.380. The molecule has 0 aliphatic rings. The van der Waals surface area contributed by atoms with Crippen molar-refractivity contribution in [1.82, 2.24) is 0 Å². The van der Waals surface area contributed by atoms with Crippen LogP contribution in [-0.2, 0) is 10.7 Å². The molecule has 0 fully saturated rings. The van der Waals surface area contributed by atoms with Gasteiger partial charge in [-0.1, -0.05) is 11.6 Å². The van der Waals surface area contributed by atoms with Crippen LogP contribution in [0.4, 0.5) is 0 Å². The molecule has 3 nitrogen and oxygen atoms in total. The number of ether oxygens (including phenoxy) is 1. The predicted molar refractivity (Wildman–Crippen MR) is 53.7 cm³/mol. The van der Waals surface area contributed by atoms with Crippen molar-refractivity contribution >= 4 is 73.7 Å². The van der Waals surface area contributed by atoms with Crippen LogP contribution in [0.15, 0.2) is 23.1 Å². The second kappa shape index (κ2) is 6.39. The van der Waals surface area contributed by atoms with Gasteiger partial charge in [-0.05, 0) is 18.2 Å². The molecule has 0 aromatic heterocycles. The standard InChI is InChI=1S/C7H7ClO3S.K.H/c1-11-6-3-2-5(8)4-7(6)12(9)10;;/h2-4,12H,1H3;;. The van der Waals surface area contributed by atoms with Crippen LogP contribution in [-0.4, -0.2) is 66.9 Å². The van der Waals surface area contributed by atoms with Crippen LogP contribution in [0.25, 0.3) is 0 Å². The van der Waals surface area contributed by atoms with Crippen LogP contribution >= 0.6 is 11.6 Å². The molecule has 13 heavy (non-hydrogen) atoms. The molecular weight excluding hydrogens is 239 g/mol. The molecule has 0 aliphatic carbocycles. The Morgan fingerprint density at radius 3 is 2.46 bits per heavy atom. The summed E-state index contributed by atoms with van der Waals surface area (Å²) < 4.78 is 26.1. The molecule has 1 aromatic rings. The molecule has 1 rings (SSSR count). The van der Waals surface area contributed by atoms with Crippen molar-refractivity contribution in [3.63, 3.8) is 0 Å². The molecule has 0 N–H and O–H groups in total. The Labute approximate surface area is 126 Å². The van der Waals surface area contributed by atoms with E-state index in [1.807, 2.05) is 0 Å². The zero-order chi connectivity index (χ0) is 9.14. The van der Waals surface area contributed by atoms with E-state index in [4.69, 9.17) is 16.3 Å². The van der Waals surface area contributed by atoms with Gasteiger partial charge in [0, 0.05) is 5.02 Å². The molecule has 0 spiro atoms. The third-order valence-corrected chi connectivity index (χ3v) is 2.32. The van der Waals surface area contributed by atoms with Gasteiger partial charge in [-0.25, -0.2) is 8.42 Å².